The molecule has 0 saturated carbocycles. The number of para-hydroxylation sites is 1. The van der Waals surface area contributed by atoms with E-state index in [1.165, 1.54) is 22.8 Å². The Bertz CT molecular complexity index is 906. The number of anilines is 1. The summed E-state index contributed by atoms with van der Waals surface area (Å²) in [5, 5.41) is 22.4. The molecule has 0 aliphatic rings. The largest absolute Gasteiger partial charge is 0.484 e. The number of benzene rings is 2. The molecule has 130 valence electrons. The van der Waals surface area contributed by atoms with Crippen LogP contribution in [0.15, 0.2) is 59.8 Å². The van der Waals surface area contributed by atoms with Gasteiger partial charge in [-0.15, -0.1) is 16.9 Å². The molecule has 0 radical (unpaired) electrons. The minimum Gasteiger partial charge on any atom is -0.484 e. The van der Waals surface area contributed by atoms with Gasteiger partial charge in [-0.05, 0) is 46.8 Å². The molecule has 0 bridgehead atoms. The quantitative estimate of drug-likeness (QED) is 0.640. The Hall–Kier alpha value is -3.38. The highest BCUT2D eigenvalue weighted by molar-refractivity contribution is 7.99. The fraction of sp³-hybridized carbons (Fsp3) is 0.118. The van der Waals surface area contributed by atoms with Crippen LogP contribution >= 0.6 is 11.8 Å². The van der Waals surface area contributed by atoms with Crippen LogP contribution in [0, 0.1) is 11.3 Å². The monoisotopic (exact) mass is 366 g/mol. The van der Waals surface area contributed by atoms with Crippen LogP contribution in [0.3, 0.4) is 0 Å². The standard InChI is InChI=1S/C17H14N6O2S/c18-9-10-26-16-4-2-1-3-15(16)20-17(24)11-25-14-7-5-13(6-8-14)23-12-19-21-22-23/h1-8,12H,10-11H2,(H,20,24). The van der Waals surface area contributed by atoms with Crippen molar-refractivity contribution < 1.29 is 9.53 Å². The molecule has 3 rings (SSSR count). The first-order valence-corrected chi connectivity index (χ1v) is 8.59. The Kier molecular flexibility index (Phi) is 5.80. The highest BCUT2D eigenvalue weighted by Crippen LogP contribution is 2.26. The van der Waals surface area contributed by atoms with Gasteiger partial charge in [0.05, 0.1) is 23.2 Å². The molecule has 2 aromatic carbocycles. The lowest BCUT2D eigenvalue weighted by molar-refractivity contribution is -0.118. The van der Waals surface area contributed by atoms with Gasteiger partial charge in [-0.25, -0.2) is 4.68 Å². The molecule has 1 N–H and O–H groups in total. The van der Waals surface area contributed by atoms with Crippen molar-refractivity contribution in [1.82, 2.24) is 20.2 Å². The average Bonchev–Trinajstić information content (AvgIpc) is 3.21. The summed E-state index contributed by atoms with van der Waals surface area (Å²) < 4.78 is 7.02. The van der Waals surface area contributed by atoms with Gasteiger partial charge >= 0.3 is 0 Å². The molecule has 1 amide bonds. The fourth-order valence-electron chi connectivity index (χ4n) is 2.12. The van der Waals surface area contributed by atoms with Crippen LogP contribution in [0.25, 0.3) is 5.69 Å². The Balaban J connectivity index is 1.55. The number of ether oxygens (including phenoxy) is 1. The van der Waals surface area contributed by atoms with E-state index in [1.807, 2.05) is 18.2 Å². The number of carbonyl (C=O) groups is 1. The SMILES string of the molecule is N#CCSc1ccccc1NC(=O)COc1ccc(-n2cnnn2)cc1. The van der Waals surface area contributed by atoms with Crippen LogP contribution in [-0.4, -0.2) is 38.5 Å². The van der Waals surface area contributed by atoms with Gasteiger partial charge in [0.2, 0.25) is 0 Å². The fourth-order valence-corrected chi connectivity index (χ4v) is 2.79. The summed E-state index contributed by atoms with van der Waals surface area (Å²) in [5.74, 6) is 0.598. The maximum Gasteiger partial charge on any atom is 0.262 e. The number of carbonyl (C=O) groups excluding carboxylic acids is 1. The third-order valence-electron chi connectivity index (χ3n) is 3.27. The number of nitrogens with one attached hydrogen (secondary N) is 1. The average molecular weight is 366 g/mol. The summed E-state index contributed by atoms with van der Waals surface area (Å²) >= 11 is 1.37. The second-order valence-corrected chi connectivity index (χ2v) is 6.05. The van der Waals surface area contributed by atoms with Crippen molar-refractivity contribution in [2.24, 2.45) is 0 Å². The van der Waals surface area contributed by atoms with E-state index in [2.05, 4.69) is 26.9 Å². The predicted octanol–water partition coefficient (Wildman–Crippen LogP) is 2.30. The van der Waals surface area contributed by atoms with Crippen LogP contribution < -0.4 is 10.1 Å². The molecule has 3 aromatic rings. The number of tetrazole rings is 1. The van der Waals surface area contributed by atoms with Crippen LogP contribution in [0.4, 0.5) is 5.69 Å². The van der Waals surface area contributed by atoms with E-state index >= 15 is 0 Å². The maximum atomic E-state index is 12.1. The number of nitrogens with zero attached hydrogens (tertiary/aromatic N) is 5. The number of rotatable bonds is 7. The normalized spacial score (nSPS) is 10.1. The summed E-state index contributed by atoms with van der Waals surface area (Å²) in [4.78, 5) is 13.0. The van der Waals surface area contributed by atoms with Crippen molar-refractivity contribution >= 4 is 23.4 Å². The molecule has 0 saturated heterocycles. The second kappa shape index (κ2) is 8.64. The molecule has 9 heteroatoms. The lowest BCUT2D eigenvalue weighted by Gasteiger charge is -2.11. The molecular weight excluding hydrogens is 352 g/mol. The highest BCUT2D eigenvalue weighted by Gasteiger charge is 2.08. The molecule has 0 aliphatic heterocycles. The van der Waals surface area contributed by atoms with E-state index in [1.54, 1.807) is 30.3 Å². The van der Waals surface area contributed by atoms with Crippen LogP contribution in [0.2, 0.25) is 0 Å². The summed E-state index contributed by atoms with van der Waals surface area (Å²) in [6, 6.07) is 16.5. The Morgan fingerprint density at radius 1 is 1.23 bits per heavy atom. The number of hydrogen-bond donors (Lipinski definition) is 1. The molecule has 8 nitrogen and oxygen atoms in total. The van der Waals surface area contributed by atoms with Crippen molar-refractivity contribution in [1.29, 1.82) is 5.26 Å². The van der Waals surface area contributed by atoms with Gasteiger partial charge in [-0.3, -0.25) is 4.79 Å². The first-order valence-electron chi connectivity index (χ1n) is 7.61. The molecule has 0 fully saturated rings. The minimum absolute atomic E-state index is 0.124. The van der Waals surface area contributed by atoms with Crippen LogP contribution in [-0.2, 0) is 4.79 Å². The van der Waals surface area contributed by atoms with Crippen LogP contribution in [0.1, 0.15) is 0 Å². The Labute approximate surface area is 153 Å². The molecule has 0 unspecified atom stereocenters. The lowest BCUT2D eigenvalue weighted by Crippen LogP contribution is -2.20. The van der Waals surface area contributed by atoms with Gasteiger partial charge in [-0.1, -0.05) is 12.1 Å². The third kappa shape index (κ3) is 4.58. The topological polar surface area (TPSA) is 106 Å². The Morgan fingerprint density at radius 3 is 2.77 bits per heavy atom. The number of nitriles is 1. The van der Waals surface area contributed by atoms with Gasteiger partial charge in [0.1, 0.15) is 12.1 Å². The van der Waals surface area contributed by atoms with Crippen molar-refractivity contribution in [3.63, 3.8) is 0 Å². The first kappa shape index (κ1) is 17.4. The molecule has 1 aromatic heterocycles. The van der Waals surface area contributed by atoms with E-state index in [0.717, 1.165) is 10.6 Å². The van der Waals surface area contributed by atoms with E-state index in [9.17, 15) is 4.79 Å². The summed E-state index contributed by atoms with van der Waals surface area (Å²) in [6.45, 7) is -0.124. The zero-order chi connectivity index (χ0) is 18.2. The molecule has 26 heavy (non-hydrogen) atoms. The smallest absolute Gasteiger partial charge is 0.262 e. The van der Waals surface area contributed by atoms with E-state index in [4.69, 9.17) is 10.00 Å². The maximum absolute atomic E-state index is 12.1. The number of thioether (sulfide) groups is 1. The number of hydrogen-bond acceptors (Lipinski definition) is 7. The van der Waals surface area contributed by atoms with Gasteiger partial charge in [0.25, 0.3) is 5.91 Å². The molecule has 0 aliphatic carbocycles. The molecule has 0 atom stereocenters. The molecule has 1 heterocycles. The predicted molar refractivity (Wildman–Crippen MR) is 96.1 cm³/mol. The van der Waals surface area contributed by atoms with E-state index in [0.29, 0.717) is 17.2 Å². The van der Waals surface area contributed by atoms with Gasteiger partial charge in [-0.2, -0.15) is 5.26 Å². The van der Waals surface area contributed by atoms with Crippen molar-refractivity contribution in [2.75, 3.05) is 17.7 Å². The third-order valence-corrected chi connectivity index (χ3v) is 4.21. The van der Waals surface area contributed by atoms with E-state index in [-0.39, 0.29) is 12.5 Å². The van der Waals surface area contributed by atoms with Crippen molar-refractivity contribution in [3.8, 4) is 17.5 Å². The summed E-state index contributed by atoms with van der Waals surface area (Å²) in [5.41, 5.74) is 1.45. The number of amides is 1. The van der Waals surface area contributed by atoms with E-state index < -0.39 is 0 Å². The highest BCUT2D eigenvalue weighted by atomic mass is 32.2. The van der Waals surface area contributed by atoms with Gasteiger partial charge in [0, 0.05) is 4.90 Å². The van der Waals surface area contributed by atoms with Crippen molar-refractivity contribution in [3.05, 3.63) is 54.9 Å². The zero-order valence-electron chi connectivity index (χ0n) is 13.6. The van der Waals surface area contributed by atoms with Crippen molar-refractivity contribution in [2.45, 2.75) is 4.90 Å². The zero-order valence-corrected chi connectivity index (χ0v) is 14.4. The molecule has 0 spiro atoms. The lowest BCUT2D eigenvalue weighted by atomic mass is 10.3. The minimum atomic E-state index is -0.278. The first-order chi connectivity index (χ1) is 12.8. The Morgan fingerprint density at radius 2 is 2.04 bits per heavy atom. The van der Waals surface area contributed by atoms with Gasteiger partial charge < -0.3 is 10.1 Å². The molecular formula is C17H14N6O2S. The van der Waals surface area contributed by atoms with Gasteiger partial charge in [0.15, 0.2) is 6.61 Å². The van der Waals surface area contributed by atoms with Crippen LogP contribution in [0.5, 0.6) is 5.75 Å². The second-order valence-electron chi connectivity index (χ2n) is 5.03. The summed E-state index contributed by atoms with van der Waals surface area (Å²) in [6.07, 6.45) is 1.49. The summed E-state index contributed by atoms with van der Waals surface area (Å²) in [7, 11) is 0. The number of aromatic nitrogens is 4.